The summed E-state index contributed by atoms with van der Waals surface area (Å²) in [5, 5.41) is 0. The number of unbranched alkanes of at least 4 members (excludes halogenated alkanes) is 3. The molecule has 0 radical (unpaired) electrons. The van der Waals surface area contributed by atoms with E-state index in [0.717, 1.165) is 6.42 Å². The van der Waals surface area contributed by atoms with Gasteiger partial charge in [-0.15, -0.1) is 0 Å². The van der Waals surface area contributed by atoms with Gasteiger partial charge in [0.2, 0.25) is 0 Å². The summed E-state index contributed by atoms with van der Waals surface area (Å²) in [6.45, 7) is 13.8. The molecule has 1 aliphatic heterocycles. The van der Waals surface area contributed by atoms with Gasteiger partial charge in [-0.05, 0) is 20.3 Å². The van der Waals surface area contributed by atoms with Crippen molar-refractivity contribution < 1.29 is 14.2 Å². The smallest absolute Gasteiger partial charge is 0.182 e. The van der Waals surface area contributed by atoms with Crippen LogP contribution >= 0.6 is 0 Å². The Morgan fingerprint density at radius 3 is 1.95 bits per heavy atom. The minimum absolute atomic E-state index is 0.136. The molecule has 0 aromatic heterocycles. The molecule has 0 aromatic carbocycles. The van der Waals surface area contributed by atoms with Gasteiger partial charge in [-0.3, -0.25) is 0 Å². The van der Waals surface area contributed by atoms with Crippen LogP contribution in [0.1, 0.15) is 73.6 Å². The van der Waals surface area contributed by atoms with Crippen LogP contribution in [0.2, 0.25) is 0 Å². The average molecular weight is 300 g/mol. The maximum Gasteiger partial charge on any atom is 0.182 e. The zero-order chi connectivity index (χ0) is 16.4. The first-order valence-electron chi connectivity index (χ1n) is 8.38. The number of methoxy groups -OCH3 is 2. The van der Waals surface area contributed by atoms with Crippen molar-refractivity contribution in [3.8, 4) is 0 Å². The van der Waals surface area contributed by atoms with Crippen LogP contribution in [0.25, 0.3) is 0 Å². The van der Waals surface area contributed by atoms with Gasteiger partial charge in [0, 0.05) is 25.0 Å². The molecule has 0 saturated carbocycles. The second-order valence-electron chi connectivity index (χ2n) is 7.82. The molecule has 3 heteroatoms. The molecule has 1 unspecified atom stereocenters. The maximum atomic E-state index is 6.25. The van der Waals surface area contributed by atoms with Crippen LogP contribution in [0.15, 0.2) is 0 Å². The number of rotatable bonds is 7. The first kappa shape index (κ1) is 18.9. The van der Waals surface area contributed by atoms with Crippen molar-refractivity contribution in [2.45, 2.75) is 85.0 Å². The Morgan fingerprint density at radius 1 is 0.905 bits per heavy atom. The topological polar surface area (TPSA) is 27.7 Å². The molecule has 1 saturated heterocycles. The second kappa shape index (κ2) is 6.55. The van der Waals surface area contributed by atoms with E-state index in [-0.39, 0.29) is 16.4 Å². The predicted molar refractivity (Wildman–Crippen MR) is 87.4 cm³/mol. The van der Waals surface area contributed by atoms with Gasteiger partial charge in [0.1, 0.15) is 0 Å². The molecule has 3 nitrogen and oxygen atoms in total. The fraction of sp³-hybridized carbons (Fsp3) is 1.00. The van der Waals surface area contributed by atoms with Gasteiger partial charge in [0.25, 0.3) is 0 Å². The highest BCUT2D eigenvalue weighted by molar-refractivity contribution is 5.10. The lowest BCUT2D eigenvalue weighted by Crippen LogP contribution is -2.71. The molecule has 1 rings (SSSR count). The summed E-state index contributed by atoms with van der Waals surface area (Å²) in [7, 11) is 3.55. The van der Waals surface area contributed by atoms with Crippen molar-refractivity contribution in [2.24, 2.45) is 10.8 Å². The third-order valence-corrected chi connectivity index (χ3v) is 6.03. The third kappa shape index (κ3) is 2.89. The van der Waals surface area contributed by atoms with E-state index in [2.05, 4.69) is 41.5 Å². The van der Waals surface area contributed by atoms with Crippen LogP contribution in [0, 0.1) is 10.8 Å². The molecular formula is C18H36O3. The van der Waals surface area contributed by atoms with Crippen molar-refractivity contribution in [2.75, 3.05) is 20.8 Å². The molecule has 0 N–H and O–H groups in total. The summed E-state index contributed by atoms with van der Waals surface area (Å²) < 4.78 is 18.4. The highest BCUT2D eigenvalue weighted by Gasteiger charge is 2.67. The lowest BCUT2D eigenvalue weighted by atomic mass is 9.57. The van der Waals surface area contributed by atoms with E-state index in [9.17, 15) is 0 Å². The van der Waals surface area contributed by atoms with E-state index in [4.69, 9.17) is 14.2 Å². The molecule has 1 aliphatic rings. The first-order valence-corrected chi connectivity index (χ1v) is 8.38. The minimum atomic E-state index is -0.631. The standard InChI is InChI=1S/C18H36O3/c1-9-10-11-12-13-17(6)14-21-16(4,5)15(2,3)18(17,19-7)20-8/h9-14H2,1-8H3. The monoisotopic (exact) mass is 300 g/mol. The molecule has 0 amide bonds. The van der Waals surface area contributed by atoms with Crippen LogP contribution in [-0.4, -0.2) is 32.2 Å². The Hall–Kier alpha value is -0.120. The Morgan fingerprint density at radius 2 is 1.48 bits per heavy atom. The van der Waals surface area contributed by atoms with Gasteiger partial charge in [-0.25, -0.2) is 0 Å². The molecular weight excluding hydrogens is 264 g/mol. The van der Waals surface area contributed by atoms with Gasteiger partial charge in [0.15, 0.2) is 5.79 Å². The van der Waals surface area contributed by atoms with E-state index in [1.165, 1.54) is 25.7 Å². The highest BCUT2D eigenvalue weighted by atomic mass is 16.7. The summed E-state index contributed by atoms with van der Waals surface area (Å²) in [5.74, 6) is -0.631. The Kier molecular flexibility index (Phi) is 5.91. The van der Waals surface area contributed by atoms with Crippen molar-refractivity contribution in [1.29, 1.82) is 0 Å². The lowest BCUT2D eigenvalue weighted by molar-refractivity contribution is -0.400. The molecule has 0 bridgehead atoms. The number of ether oxygens (including phenoxy) is 3. The summed E-state index contributed by atoms with van der Waals surface area (Å²) in [4.78, 5) is 0. The van der Waals surface area contributed by atoms with E-state index < -0.39 is 5.79 Å². The van der Waals surface area contributed by atoms with E-state index in [1.54, 1.807) is 14.2 Å². The fourth-order valence-corrected chi connectivity index (χ4v) is 4.03. The molecule has 0 aromatic rings. The quantitative estimate of drug-likeness (QED) is 0.500. The summed E-state index contributed by atoms with van der Waals surface area (Å²) in [5.41, 5.74) is -0.674. The van der Waals surface area contributed by atoms with Crippen molar-refractivity contribution in [1.82, 2.24) is 0 Å². The molecule has 0 aliphatic carbocycles. The molecule has 1 fully saturated rings. The zero-order valence-electron chi connectivity index (χ0n) is 15.5. The lowest BCUT2D eigenvalue weighted by Gasteiger charge is -2.63. The summed E-state index contributed by atoms with van der Waals surface area (Å²) >= 11 is 0. The van der Waals surface area contributed by atoms with Crippen LogP contribution < -0.4 is 0 Å². The van der Waals surface area contributed by atoms with Gasteiger partial charge < -0.3 is 14.2 Å². The Labute approximate surface area is 131 Å². The second-order valence-corrected chi connectivity index (χ2v) is 7.82. The van der Waals surface area contributed by atoms with Crippen LogP contribution in [0.3, 0.4) is 0 Å². The first-order chi connectivity index (χ1) is 9.64. The summed E-state index contributed by atoms with van der Waals surface area (Å²) in [6, 6.07) is 0. The third-order valence-electron chi connectivity index (χ3n) is 6.03. The highest BCUT2D eigenvalue weighted by Crippen LogP contribution is 2.59. The Bertz CT molecular complexity index is 331. The molecule has 1 atom stereocenters. The molecule has 0 spiro atoms. The van der Waals surface area contributed by atoms with E-state index in [0.29, 0.717) is 6.61 Å². The molecule has 126 valence electrons. The summed E-state index contributed by atoms with van der Waals surface area (Å²) in [6.07, 6.45) is 6.07. The van der Waals surface area contributed by atoms with Gasteiger partial charge in [0.05, 0.1) is 12.2 Å². The zero-order valence-corrected chi connectivity index (χ0v) is 15.5. The maximum absolute atomic E-state index is 6.25. The molecule has 21 heavy (non-hydrogen) atoms. The van der Waals surface area contributed by atoms with E-state index >= 15 is 0 Å². The molecule has 1 heterocycles. The minimum Gasteiger partial charge on any atom is -0.374 e. The van der Waals surface area contributed by atoms with Crippen LogP contribution in [0.5, 0.6) is 0 Å². The normalized spacial score (nSPS) is 30.3. The van der Waals surface area contributed by atoms with Crippen LogP contribution in [0.4, 0.5) is 0 Å². The number of hydrogen-bond acceptors (Lipinski definition) is 3. The average Bonchev–Trinajstić information content (AvgIpc) is 2.42. The van der Waals surface area contributed by atoms with Crippen molar-refractivity contribution in [3.05, 3.63) is 0 Å². The number of hydrogen-bond donors (Lipinski definition) is 0. The predicted octanol–water partition coefficient (Wildman–Crippen LogP) is 4.79. The van der Waals surface area contributed by atoms with Crippen LogP contribution in [-0.2, 0) is 14.2 Å². The van der Waals surface area contributed by atoms with E-state index in [1.807, 2.05) is 0 Å². The van der Waals surface area contributed by atoms with Gasteiger partial charge in [-0.1, -0.05) is 53.4 Å². The van der Waals surface area contributed by atoms with Crippen molar-refractivity contribution >= 4 is 0 Å². The SMILES string of the molecule is CCCCCCC1(C)COC(C)(C)C(C)(C)C1(OC)OC. The fourth-order valence-electron chi connectivity index (χ4n) is 4.03. The van der Waals surface area contributed by atoms with Gasteiger partial charge >= 0.3 is 0 Å². The Balaban J connectivity index is 3.07. The van der Waals surface area contributed by atoms with Gasteiger partial charge in [-0.2, -0.15) is 0 Å². The van der Waals surface area contributed by atoms with Crippen molar-refractivity contribution in [3.63, 3.8) is 0 Å². The largest absolute Gasteiger partial charge is 0.374 e.